The van der Waals surface area contributed by atoms with Crippen molar-refractivity contribution in [2.45, 2.75) is 87.5 Å². The van der Waals surface area contributed by atoms with E-state index in [0.29, 0.717) is 0 Å². The topological polar surface area (TPSA) is 32.5 Å². The molecule has 2 fully saturated rings. The van der Waals surface area contributed by atoms with Gasteiger partial charge in [-0.25, -0.2) is 0 Å². The zero-order chi connectivity index (χ0) is 21.2. The van der Waals surface area contributed by atoms with E-state index in [0.717, 1.165) is 17.3 Å². The third-order valence-electron chi connectivity index (χ3n) is 5.13. The summed E-state index contributed by atoms with van der Waals surface area (Å²) in [7, 11) is 5.83. The van der Waals surface area contributed by atoms with E-state index >= 15 is 0 Å². The molecule has 0 atom stereocenters. The Balaban J connectivity index is -0.000000407. The van der Waals surface area contributed by atoms with Gasteiger partial charge in [0.2, 0.25) is 0 Å². The van der Waals surface area contributed by atoms with Crippen LogP contribution in [0.1, 0.15) is 87.5 Å². The van der Waals surface area contributed by atoms with Crippen LogP contribution in [0.25, 0.3) is 0 Å². The SMILES string of the molecule is CC.CC.CC1CCC2(CC1)CN(CCN(C)C)C2.CCC(C)C.CN. The van der Waals surface area contributed by atoms with E-state index in [4.69, 9.17) is 0 Å². The van der Waals surface area contributed by atoms with E-state index < -0.39 is 0 Å². The van der Waals surface area contributed by atoms with Crippen LogP contribution < -0.4 is 5.73 Å². The second-order valence-electron chi connectivity index (χ2n) is 8.00. The van der Waals surface area contributed by atoms with Crippen LogP contribution in [0, 0.1) is 17.3 Å². The second kappa shape index (κ2) is 19.6. The molecule has 1 saturated heterocycles. The summed E-state index contributed by atoms with van der Waals surface area (Å²) < 4.78 is 0. The van der Waals surface area contributed by atoms with Crippen LogP contribution in [0.15, 0.2) is 0 Å². The maximum absolute atomic E-state index is 4.50. The first-order chi connectivity index (χ1) is 12.4. The lowest BCUT2D eigenvalue weighted by Crippen LogP contribution is -2.58. The fourth-order valence-corrected chi connectivity index (χ4v) is 3.09. The molecule has 1 saturated carbocycles. The molecule has 0 amide bonds. The highest BCUT2D eigenvalue weighted by Crippen LogP contribution is 2.45. The Bertz CT molecular complexity index is 248. The van der Waals surface area contributed by atoms with Gasteiger partial charge in [-0.3, -0.25) is 0 Å². The summed E-state index contributed by atoms with van der Waals surface area (Å²) in [5.74, 6) is 1.88. The van der Waals surface area contributed by atoms with Crippen LogP contribution >= 0.6 is 0 Å². The highest BCUT2D eigenvalue weighted by atomic mass is 15.2. The summed E-state index contributed by atoms with van der Waals surface area (Å²) >= 11 is 0. The molecule has 1 aliphatic carbocycles. The first kappa shape index (κ1) is 30.6. The molecule has 0 unspecified atom stereocenters. The predicted octanol–water partition coefficient (Wildman–Crippen LogP) is 5.74. The summed E-state index contributed by atoms with van der Waals surface area (Å²) in [5, 5.41) is 0. The Morgan fingerprint density at radius 2 is 1.38 bits per heavy atom. The largest absolute Gasteiger partial charge is 0.333 e. The van der Waals surface area contributed by atoms with Crippen LogP contribution in [-0.2, 0) is 0 Å². The molecule has 0 aromatic rings. The van der Waals surface area contributed by atoms with Gasteiger partial charge in [0, 0.05) is 26.2 Å². The van der Waals surface area contributed by atoms with Crippen molar-refractivity contribution in [3.63, 3.8) is 0 Å². The average molecular weight is 374 g/mol. The fourth-order valence-electron chi connectivity index (χ4n) is 3.09. The molecule has 2 aliphatic rings. The lowest BCUT2D eigenvalue weighted by atomic mass is 9.66. The van der Waals surface area contributed by atoms with Crippen molar-refractivity contribution in [2.24, 2.45) is 23.0 Å². The van der Waals surface area contributed by atoms with Crippen LogP contribution in [0.3, 0.4) is 0 Å². The molecule has 2 rings (SSSR count). The number of hydrogen-bond donors (Lipinski definition) is 1. The number of rotatable bonds is 4. The lowest BCUT2D eigenvalue weighted by molar-refractivity contribution is -0.0382. The normalized spacial score (nSPS) is 18.2. The molecular formula is C23H55N3. The molecule has 2 N–H and O–H groups in total. The first-order valence-electron chi connectivity index (χ1n) is 11.3. The molecule has 1 spiro atoms. The van der Waals surface area contributed by atoms with Crippen LogP contribution in [-0.4, -0.2) is 57.1 Å². The summed E-state index contributed by atoms with van der Waals surface area (Å²) in [6.45, 7) is 22.3. The van der Waals surface area contributed by atoms with Gasteiger partial charge in [0.25, 0.3) is 0 Å². The molecule has 1 heterocycles. The Kier molecular flexibility index (Phi) is 23.1. The van der Waals surface area contributed by atoms with Gasteiger partial charge >= 0.3 is 0 Å². The number of nitrogens with zero attached hydrogens (tertiary/aromatic N) is 2. The molecule has 0 aromatic heterocycles. The zero-order valence-electron chi connectivity index (χ0n) is 20.5. The van der Waals surface area contributed by atoms with Gasteiger partial charge < -0.3 is 15.5 Å². The van der Waals surface area contributed by atoms with Crippen molar-refractivity contribution >= 4 is 0 Å². The van der Waals surface area contributed by atoms with E-state index in [-0.39, 0.29) is 0 Å². The molecule has 3 nitrogen and oxygen atoms in total. The monoisotopic (exact) mass is 373 g/mol. The fraction of sp³-hybridized carbons (Fsp3) is 1.00. The maximum Gasteiger partial charge on any atom is 0.0110 e. The minimum Gasteiger partial charge on any atom is -0.333 e. The van der Waals surface area contributed by atoms with E-state index in [2.05, 4.69) is 57.3 Å². The van der Waals surface area contributed by atoms with Crippen molar-refractivity contribution in [3.8, 4) is 0 Å². The van der Waals surface area contributed by atoms with Crippen molar-refractivity contribution in [3.05, 3.63) is 0 Å². The third kappa shape index (κ3) is 15.0. The molecule has 0 radical (unpaired) electrons. The predicted molar refractivity (Wildman–Crippen MR) is 123 cm³/mol. The highest BCUT2D eigenvalue weighted by molar-refractivity contribution is 4.97. The van der Waals surface area contributed by atoms with Gasteiger partial charge in [0.1, 0.15) is 0 Å². The molecule has 0 bridgehead atoms. The van der Waals surface area contributed by atoms with Crippen molar-refractivity contribution in [1.29, 1.82) is 0 Å². The first-order valence-corrected chi connectivity index (χ1v) is 11.3. The zero-order valence-corrected chi connectivity index (χ0v) is 20.5. The van der Waals surface area contributed by atoms with E-state index in [1.807, 2.05) is 27.7 Å². The van der Waals surface area contributed by atoms with Crippen LogP contribution in [0.4, 0.5) is 0 Å². The number of likely N-dealkylation sites (tertiary alicyclic amines) is 1. The maximum atomic E-state index is 4.50. The molecule has 26 heavy (non-hydrogen) atoms. The third-order valence-corrected chi connectivity index (χ3v) is 5.13. The summed E-state index contributed by atoms with van der Waals surface area (Å²) in [5.41, 5.74) is 5.25. The molecule has 162 valence electrons. The molecule has 1 aliphatic heterocycles. The van der Waals surface area contributed by atoms with Crippen molar-refractivity contribution in [2.75, 3.05) is 47.3 Å². The Hall–Kier alpha value is -0.120. The van der Waals surface area contributed by atoms with E-state index in [9.17, 15) is 0 Å². The second-order valence-corrected chi connectivity index (χ2v) is 8.00. The Labute approximate surface area is 168 Å². The average Bonchev–Trinajstić information content (AvgIpc) is 2.65. The van der Waals surface area contributed by atoms with Gasteiger partial charge in [-0.05, 0) is 51.2 Å². The number of likely N-dealkylation sites (N-methyl/N-ethyl adjacent to an activating group) is 1. The minimum absolute atomic E-state index is 0.749. The standard InChI is InChI=1S/C13H26N2.C5H12.2C2H6.CH5N/c1-12-4-6-13(7-5-12)10-15(11-13)9-8-14(2)3;1-4-5(2)3;3*1-2/h12H,4-11H2,1-3H3;5H,4H2,1-3H3;2*1-2H3;2H2,1H3. The highest BCUT2D eigenvalue weighted by Gasteiger charge is 2.43. The Morgan fingerprint density at radius 3 is 1.69 bits per heavy atom. The lowest BCUT2D eigenvalue weighted by Gasteiger charge is -2.53. The summed E-state index contributed by atoms with van der Waals surface area (Å²) in [6.07, 6.45) is 7.24. The molecular weight excluding hydrogens is 318 g/mol. The van der Waals surface area contributed by atoms with Gasteiger partial charge in [0.15, 0.2) is 0 Å². The number of nitrogens with two attached hydrogens (primary N) is 1. The quantitative estimate of drug-likeness (QED) is 0.682. The van der Waals surface area contributed by atoms with Crippen molar-refractivity contribution in [1.82, 2.24) is 9.80 Å². The molecule has 3 heteroatoms. The smallest absolute Gasteiger partial charge is 0.0110 e. The van der Waals surface area contributed by atoms with Crippen LogP contribution in [0.5, 0.6) is 0 Å². The molecule has 0 aromatic carbocycles. The van der Waals surface area contributed by atoms with Gasteiger partial charge in [0.05, 0.1) is 0 Å². The number of hydrogen-bond acceptors (Lipinski definition) is 3. The van der Waals surface area contributed by atoms with Gasteiger partial charge in [-0.1, -0.05) is 74.7 Å². The minimum atomic E-state index is 0.749. The van der Waals surface area contributed by atoms with E-state index in [1.165, 1.54) is 65.3 Å². The van der Waals surface area contributed by atoms with Gasteiger partial charge in [-0.2, -0.15) is 0 Å². The van der Waals surface area contributed by atoms with E-state index in [1.54, 1.807) is 0 Å². The summed E-state index contributed by atoms with van der Waals surface area (Å²) in [6, 6.07) is 0. The van der Waals surface area contributed by atoms with Crippen LogP contribution in [0.2, 0.25) is 0 Å². The Morgan fingerprint density at radius 1 is 1.00 bits per heavy atom. The van der Waals surface area contributed by atoms with Crippen molar-refractivity contribution < 1.29 is 0 Å². The van der Waals surface area contributed by atoms with Gasteiger partial charge in [-0.15, -0.1) is 0 Å². The summed E-state index contributed by atoms with van der Waals surface area (Å²) in [4.78, 5) is 4.92.